The third-order valence-electron chi connectivity index (χ3n) is 5.99. The lowest BCUT2D eigenvalue weighted by molar-refractivity contribution is -0.161. The van der Waals surface area contributed by atoms with E-state index in [2.05, 4.69) is 13.8 Å². The van der Waals surface area contributed by atoms with Gasteiger partial charge in [0, 0.05) is 19.4 Å². The summed E-state index contributed by atoms with van der Waals surface area (Å²) < 4.78 is 32.1. The van der Waals surface area contributed by atoms with Gasteiger partial charge in [0.25, 0.3) is 0 Å². The molecular formula is C27H54NO8P. The van der Waals surface area contributed by atoms with E-state index >= 15 is 0 Å². The molecule has 9 nitrogen and oxygen atoms in total. The summed E-state index contributed by atoms with van der Waals surface area (Å²) in [4.78, 5) is 34.0. The Kier molecular flexibility index (Phi) is 24.6. The minimum absolute atomic E-state index is 0.0566. The fraction of sp³-hybridized carbons (Fsp3) is 0.926. The molecule has 0 aliphatic rings. The van der Waals surface area contributed by atoms with Gasteiger partial charge in [0.1, 0.15) is 6.61 Å². The monoisotopic (exact) mass is 551 g/mol. The first-order valence-electron chi connectivity index (χ1n) is 14.5. The molecule has 37 heavy (non-hydrogen) atoms. The molecular weight excluding hydrogens is 497 g/mol. The number of hydrogen-bond acceptors (Lipinski definition) is 8. The molecule has 0 rings (SSSR count). The van der Waals surface area contributed by atoms with Gasteiger partial charge in [-0.25, -0.2) is 4.57 Å². The van der Waals surface area contributed by atoms with Gasteiger partial charge in [-0.05, 0) is 12.8 Å². The van der Waals surface area contributed by atoms with E-state index < -0.39 is 32.5 Å². The number of phosphoric acid groups is 1. The molecule has 220 valence electrons. The highest BCUT2D eigenvalue weighted by molar-refractivity contribution is 7.47. The van der Waals surface area contributed by atoms with Crippen LogP contribution < -0.4 is 5.73 Å². The Hall–Kier alpha value is -0.990. The van der Waals surface area contributed by atoms with Gasteiger partial charge in [0.05, 0.1) is 13.2 Å². The fourth-order valence-electron chi connectivity index (χ4n) is 3.81. The summed E-state index contributed by atoms with van der Waals surface area (Å²) in [5.41, 5.74) is 5.28. The molecule has 0 aliphatic carbocycles. The lowest BCUT2D eigenvalue weighted by Gasteiger charge is -2.19. The summed E-state index contributed by atoms with van der Waals surface area (Å²) in [6.45, 7) is 3.56. The number of carbonyl (C=O) groups excluding carboxylic acids is 2. The predicted octanol–water partition coefficient (Wildman–Crippen LogP) is 6.60. The van der Waals surface area contributed by atoms with Crippen molar-refractivity contribution in [1.29, 1.82) is 0 Å². The Morgan fingerprint density at radius 2 is 1.16 bits per heavy atom. The van der Waals surface area contributed by atoms with E-state index in [1.54, 1.807) is 0 Å². The summed E-state index contributed by atoms with van der Waals surface area (Å²) in [7, 11) is -4.34. The molecule has 0 heterocycles. The number of hydrogen-bond donors (Lipinski definition) is 2. The zero-order valence-corrected chi connectivity index (χ0v) is 24.4. The lowest BCUT2D eigenvalue weighted by atomic mass is 10.0. The molecule has 0 aromatic heterocycles. The summed E-state index contributed by atoms with van der Waals surface area (Å²) in [5, 5.41) is 0. The molecule has 0 bridgehead atoms. The van der Waals surface area contributed by atoms with Crippen LogP contribution >= 0.6 is 7.82 Å². The van der Waals surface area contributed by atoms with Crippen molar-refractivity contribution in [2.75, 3.05) is 26.4 Å². The van der Waals surface area contributed by atoms with Crippen LogP contribution in [0.4, 0.5) is 0 Å². The zero-order chi connectivity index (χ0) is 27.6. The smallest absolute Gasteiger partial charge is 0.462 e. The quantitative estimate of drug-likeness (QED) is 0.0658. The number of nitrogens with two attached hydrogens (primary N) is 1. The molecule has 0 aromatic carbocycles. The second-order valence-electron chi connectivity index (χ2n) is 9.63. The highest BCUT2D eigenvalue weighted by Gasteiger charge is 2.25. The molecule has 2 atom stereocenters. The number of carbonyl (C=O) groups is 2. The summed E-state index contributed by atoms with van der Waals surface area (Å²) in [5.74, 6) is -0.847. The van der Waals surface area contributed by atoms with Crippen molar-refractivity contribution in [1.82, 2.24) is 0 Å². The van der Waals surface area contributed by atoms with Crippen molar-refractivity contribution in [3.8, 4) is 0 Å². The first-order valence-corrected chi connectivity index (χ1v) is 16.0. The van der Waals surface area contributed by atoms with E-state index in [9.17, 15) is 19.0 Å². The Bertz CT molecular complexity index is 605. The lowest BCUT2D eigenvalue weighted by Crippen LogP contribution is -2.29. The molecule has 0 spiro atoms. The number of unbranched alkanes of at least 4 members (excludes halogenated alkanes) is 14. The Morgan fingerprint density at radius 1 is 0.703 bits per heavy atom. The number of rotatable bonds is 27. The highest BCUT2D eigenvalue weighted by Crippen LogP contribution is 2.43. The van der Waals surface area contributed by atoms with Crippen molar-refractivity contribution in [3.63, 3.8) is 0 Å². The van der Waals surface area contributed by atoms with Crippen LogP contribution in [0.1, 0.15) is 129 Å². The minimum atomic E-state index is -4.34. The van der Waals surface area contributed by atoms with Crippen molar-refractivity contribution < 1.29 is 37.6 Å². The standard InChI is InChI=1S/C27H54NO8P/c1-3-5-7-9-10-11-12-13-14-15-16-18-20-27(30)36-25(24-35-37(31,32)34-22-21-28)23-33-26(29)19-17-8-6-4-2/h25H,3-24,28H2,1-2H3,(H,31,32)/t25-/m1/s1. The van der Waals surface area contributed by atoms with Crippen LogP contribution in [0.5, 0.6) is 0 Å². The van der Waals surface area contributed by atoms with Crippen LogP contribution in [0.15, 0.2) is 0 Å². The second kappa shape index (κ2) is 25.3. The number of phosphoric ester groups is 1. The molecule has 0 amide bonds. The van der Waals surface area contributed by atoms with Crippen LogP contribution in [-0.2, 0) is 32.7 Å². The molecule has 0 aromatic rings. The van der Waals surface area contributed by atoms with Crippen LogP contribution in [0.2, 0.25) is 0 Å². The molecule has 0 fully saturated rings. The van der Waals surface area contributed by atoms with Gasteiger partial charge >= 0.3 is 19.8 Å². The molecule has 10 heteroatoms. The predicted molar refractivity (Wildman–Crippen MR) is 146 cm³/mol. The first-order chi connectivity index (χ1) is 17.8. The van der Waals surface area contributed by atoms with E-state index in [1.807, 2.05) is 0 Å². The van der Waals surface area contributed by atoms with Gasteiger partial charge in [0.2, 0.25) is 0 Å². The average molecular weight is 552 g/mol. The molecule has 0 aliphatic heterocycles. The SMILES string of the molecule is CCCCCCCCCCCCCCC(=O)O[C@H](COC(=O)CCCCCC)COP(=O)(O)OCCN. The normalized spacial score (nSPS) is 13.7. The Morgan fingerprint density at radius 3 is 1.68 bits per heavy atom. The molecule has 0 saturated carbocycles. The topological polar surface area (TPSA) is 134 Å². The summed E-state index contributed by atoms with van der Waals surface area (Å²) >= 11 is 0. The molecule has 3 N–H and O–H groups in total. The van der Waals surface area contributed by atoms with Crippen LogP contribution in [0, 0.1) is 0 Å². The molecule has 0 saturated heterocycles. The fourth-order valence-corrected chi connectivity index (χ4v) is 4.57. The third-order valence-corrected chi connectivity index (χ3v) is 6.98. The molecule has 1 unspecified atom stereocenters. The van der Waals surface area contributed by atoms with E-state index in [4.69, 9.17) is 24.3 Å². The second-order valence-corrected chi connectivity index (χ2v) is 11.1. The average Bonchev–Trinajstić information content (AvgIpc) is 2.87. The largest absolute Gasteiger partial charge is 0.472 e. The third kappa shape index (κ3) is 25.1. The van der Waals surface area contributed by atoms with Gasteiger partial charge in [-0.1, -0.05) is 104 Å². The van der Waals surface area contributed by atoms with Gasteiger partial charge in [-0.3, -0.25) is 18.6 Å². The summed E-state index contributed by atoms with van der Waals surface area (Å²) in [6.07, 6.45) is 17.7. The Labute approximate surface area is 225 Å². The van der Waals surface area contributed by atoms with E-state index in [-0.39, 0.29) is 32.6 Å². The number of ether oxygens (including phenoxy) is 2. The van der Waals surface area contributed by atoms with Gasteiger partial charge < -0.3 is 20.1 Å². The van der Waals surface area contributed by atoms with E-state index in [0.29, 0.717) is 6.42 Å². The first kappa shape index (κ1) is 36.0. The maximum absolute atomic E-state index is 12.3. The highest BCUT2D eigenvalue weighted by atomic mass is 31.2. The maximum atomic E-state index is 12.3. The Balaban J connectivity index is 4.25. The van der Waals surface area contributed by atoms with Crippen LogP contribution in [-0.4, -0.2) is 49.3 Å². The van der Waals surface area contributed by atoms with Crippen molar-refractivity contribution in [2.24, 2.45) is 5.73 Å². The van der Waals surface area contributed by atoms with Crippen LogP contribution in [0.25, 0.3) is 0 Å². The van der Waals surface area contributed by atoms with E-state index in [1.165, 1.54) is 57.8 Å². The number of esters is 2. The van der Waals surface area contributed by atoms with Gasteiger partial charge in [0.15, 0.2) is 6.10 Å². The summed E-state index contributed by atoms with van der Waals surface area (Å²) in [6, 6.07) is 0. The van der Waals surface area contributed by atoms with Crippen molar-refractivity contribution in [2.45, 2.75) is 136 Å². The minimum Gasteiger partial charge on any atom is -0.462 e. The van der Waals surface area contributed by atoms with Gasteiger partial charge in [-0.15, -0.1) is 0 Å². The maximum Gasteiger partial charge on any atom is 0.472 e. The molecule has 0 radical (unpaired) electrons. The zero-order valence-electron chi connectivity index (χ0n) is 23.5. The van der Waals surface area contributed by atoms with E-state index in [0.717, 1.165) is 38.5 Å². The van der Waals surface area contributed by atoms with Crippen molar-refractivity contribution in [3.05, 3.63) is 0 Å². The van der Waals surface area contributed by atoms with Gasteiger partial charge in [-0.2, -0.15) is 0 Å². The van der Waals surface area contributed by atoms with Crippen molar-refractivity contribution >= 4 is 19.8 Å². The van der Waals surface area contributed by atoms with Crippen LogP contribution in [0.3, 0.4) is 0 Å².